The van der Waals surface area contributed by atoms with Crippen molar-refractivity contribution in [3.05, 3.63) is 70.3 Å². The van der Waals surface area contributed by atoms with Gasteiger partial charge in [-0.2, -0.15) is 0 Å². The molecule has 1 aromatic heterocycles. The van der Waals surface area contributed by atoms with Gasteiger partial charge in [0, 0.05) is 32.0 Å². The van der Waals surface area contributed by atoms with Gasteiger partial charge in [0.05, 0.1) is 10.9 Å². The summed E-state index contributed by atoms with van der Waals surface area (Å²) in [6.07, 6.45) is 2.09. The number of carbonyl (C=O) groups is 1. The Morgan fingerprint density at radius 1 is 1.14 bits per heavy atom. The van der Waals surface area contributed by atoms with Gasteiger partial charge in [-0.05, 0) is 42.7 Å². The lowest BCUT2D eigenvalue weighted by molar-refractivity contribution is -0.118. The Bertz CT molecular complexity index is 1110. The third-order valence-electron chi connectivity index (χ3n) is 5.40. The van der Waals surface area contributed by atoms with Crippen molar-refractivity contribution in [3.8, 4) is 0 Å². The molecular weight excluding hydrogens is 371 g/mol. The van der Waals surface area contributed by atoms with E-state index in [1.807, 2.05) is 12.1 Å². The highest BCUT2D eigenvalue weighted by molar-refractivity contribution is 5.79. The number of para-hydroxylation sites is 1. The summed E-state index contributed by atoms with van der Waals surface area (Å²) < 4.78 is 15.4. The molecule has 6 nitrogen and oxygen atoms in total. The zero-order valence-corrected chi connectivity index (χ0v) is 16.1. The molecule has 0 aliphatic carbocycles. The van der Waals surface area contributed by atoms with E-state index in [0.717, 1.165) is 25.9 Å². The lowest BCUT2D eigenvalue weighted by Gasteiger charge is -2.25. The summed E-state index contributed by atoms with van der Waals surface area (Å²) in [5.74, 6) is -0.716. The summed E-state index contributed by atoms with van der Waals surface area (Å²) in [5, 5.41) is 0.521. The minimum Gasteiger partial charge on any atom is -0.370 e. The second-order valence-corrected chi connectivity index (χ2v) is 7.46. The number of aromatic nitrogens is 2. The lowest BCUT2D eigenvalue weighted by atomic mass is 9.95. The fraction of sp³-hybridized carbons (Fsp3) is 0.318. The summed E-state index contributed by atoms with van der Waals surface area (Å²) in [6.45, 7) is 1.85. The van der Waals surface area contributed by atoms with Gasteiger partial charge in [0.2, 0.25) is 11.9 Å². The standard InChI is InChI=1S/C22H23FN4O2/c23-17-7-5-6-15(12-17)16(13-20(24)28)14-27-21(29)18-8-1-2-9-19(18)25-22(27)26-10-3-4-11-26/h1-2,5-9,12,16H,3-4,10-11,13-14H2,(H2,24,28). The number of rotatable bonds is 6. The Hall–Kier alpha value is -3.22. The molecule has 7 heteroatoms. The summed E-state index contributed by atoms with van der Waals surface area (Å²) in [5.41, 5.74) is 6.58. The molecule has 0 radical (unpaired) electrons. The van der Waals surface area contributed by atoms with Crippen LogP contribution in [0.15, 0.2) is 53.3 Å². The number of nitrogens with two attached hydrogens (primary N) is 1. The van der Waals surface area contributed by atoms with Gasteiger partial charge in [0.15, 0.2) is 0 Å². The van der Waals surface area contributed by atoms with Gasteiger partial charge in [-0.3, -0.25) is 14.2 Å². The highest BCUT2D eigenvalue weighted by Crippen LogP contribution is 2.26. The summed E-state index contributed by atoms with van der Waals surface area (Å²) >= 11 is 0. The molecule has 29 heavy (non-hydrogen) atoms. The largest absolute Gasteiger partial charge is 0.370 e. The van der Waals surface area contributed by atoms with Crippen LogP contribution in [0.3, 0.4) is 0 Å². The predicted octanol–water partition coefficient (Wildman–Crippen LogP) is 2.80. The van der Waals surface area contributed by atoms with Crippen molar-refractivity contribution in [2.75, 3.05) is 18.0 Å². The molecule has 0 saturated carbocycles. The molecule has 3 aromatic rings. The Kier molecular flexibility index (Phi) is 5.29. The highest BCUT2D eigenvalue weighted by atomic mass is 19.1. The first-order valence-electron chi connectivity index (χ1n) is 9.81. The molecule has 0 bridgehead atoms. The average Bonchev–Trinajstić information content (AvgIpc) is 3.23. The number of primary amides is 1. The van der Waals surface area contributed by atoms with Crippen molar-refractivity contribution < 1.29 is 9.18 Å². The molecule has 2 aromatic carbocycles. The van der Waals surface area contributed by atoms with Crippen LogP contribution in [0.5, 0.6) is 0 Å². The van der Waals surface area contributed by atoms with E-state index in [9.17, 15) is 14.0 Å². The number of nitrogens with zero attached hydrogens (tertiary/aromatic N) is 3. The fourth-order valence-corrected chi connectivity index (χ4v) is 3.99. The highest BCUT2D eigenvalue weighted by Gasteiger charge is 2.24. The van der Waals surface area contributed by atoms with E-state index >= 15 is 0 Å². The van der Waals surface area contributed by atoms with E-state index in [4.69, 9.17) is 10.7 Å². The van der Waals surface area contributed by atoms with Crippen LogP contribution in [0.25, 0.3) is 10.9 Å². The van der Waals surface area contributed by atoms with Gasteiger partial charge >= 0.3 is 0 Å². The third kappa shape index (κ3) is 3.99. The first-order chi connectivity index (χ1) is 14.0. The van der Waals surface area contributed by atoms with Crippen LogP contribution in [0.1, 0.15) is 30.7 Å². The van der Waals surface area contributed by atoms with Crippen molar-refractivity contribution in [1.82, 2.24) is 9.55 Å². The maximum Gasteiger partial charge on any atom is 0.262 e. The van der Waals surface area contributed by atoms with Crippen LogP contribution in [0, 0.1) is 5.82 Å². The molecule has 0 spiro atoms. The van der Waals surface area contributed by atoms with Gasteiger partial charge in [-0.1, -0.05) is 24.3 Å². The van der Waals surface area contributed by atoms with Gasteiger partial charge in [0.1, 0.15) is 5.82 Å². The first kappa shape index (κ1) is 19.1. The summed E-state index contributed by atoms with van der Waals surface area (Å²) in [7, 11) is 0. The molecule has 1 aliphatic rings. The average molecular weight is 394 g/mol. The number of hydrogen-bond donors (Lipinski definition) is 1. The molecule has 1 saturated heterocycles. The van der Waals surface area contributed by atoms with Crippen LogP contribution >= 0.6 is 0 Å². The molecule has 2 N–H and O–H groups in total. The number of benzene rings is 2. The SMILES string of the molecule is NC(=O)CC(Cn1c(N2CCCC2)nc2ccccc2c1=O)c1cccc(F)c1. The van der Waals surface area contributed by atoms with Crippen LogP contribution in [-0.2, 0) is 11.3 Å². The maximum atomic E-state index is 13.8. The Balaban J connectivity index is 1.83. The lowest BCUT2D eigenvalue weighted by Crippen LogP contribution is -2.33. The second kappa shape index (κ2) is 8.03. The Morgan fingerprint density at radius 3 is 2.62 bits per heavy atom. The number of amides is 1. The number of anilines is 1. The third-order valence-corrected chi connectivity index (χ3v) is 5.40. The monoisotopic (exact) mass is 394 g/mol. The van der Waals surface area contributed by atoms with Crippen LogP contribution < -0.4 is 16.2 Å². The van der Waals surface area contributed by atoms with Crippen LogP contribution in [0.4, 0.5) is 10.3 Å². The Labute approximate surface area is 167 Å². The molecule has 1 aliphatic heterocycles. The predicted molar refractivity (Wildman–Crippen MR) is 110 cm³/mol. The minimum absolute atomic E-state index is 0.0160. The molecule has 4 rings (SSSR count). The zero-order valence-electron chi connectivity index (χ0n) is 16.1. The summed E-state index contributed by atoms with van der Waals surface area (Å²) in [4.78, 5) is 31.9. The van der Waals surface area contributed by atoms with E-state index in [1.54, 1.807) is 28.8 Å². The quantitative estimate of drug-likeness (QED) is 0.697. The van der Waals surface area contributed by atoms with Gasteiger partial charge in [-0.25, -0.2) is 9.37 Å². The summed E-state index contributed by atoms with van der Waals surface area (Å²) in [6, 6.07) is 13.3. The second-order valence-electron chi connectivity index (χ2n) is 7.46. The number of hydrogen-bond acceptors (Lipinski definition) is 4. The Morgan fingerprint density at radius 2 is 1.90 bits per heavy atom. The zero-order chi connectivity index (χ0) is 20.4. The van der Waals surface area contributed by atoms with Gasteiger partial charge in [0.25, 0.3) is 5.56 Å². The number of carbonyl (C=O) groups excluding carboxylic acids is 1. The molecule has 1 atom stereocenters. The molecular formula is C22H23FN4O2. The van der Waals surface area contributed by atoms with E-state index in [0.29, 0.717) is 22.4 Å². The van der Waals surface area contributed by atoms with E-state index < -0.39 is 11.8 Å². The van der Waals surface area contributed by atoms with Gasteiger partial charge < -0.3 is 10.6 Å². The molecule has 1 fully saturated rings. The van der Waals surface area contributed by atoms with Crippen molar-refractivity contribution in [2.45, 2.75) is 31.7 Å². The minimum atomic E-state index is -0.496. The van der Waals surface area contributed by atoms with E-state index in [-0.39, 0.29) is 24.3 Å². The van der Waals surface area contributed by atoms with E-state index in [1.165, 1.54) is 12.1 Å². The normalized spacial score (nSPS) is 15.0. The fourth-order valence-electron chi connectivity index (χ4n) is 3.99. The molecule has 2 heterocycles. The van der Waals surface area contributed by atoms with Crippen LogP contribution in [-0.4, -0.2) is 28.5 Å². The number of fused-ring (bicyclic) bond motifs is 1. The molecule has 1 unspecified atom stereocenters. The van der Waals surface area contributed by atoms with Crippen molar-refractivity contribution in [3.63, 3.8) is 0 Å². The van der Waals surface area contributed by atoms with Crippen molar-refractivity contribution in [1.29, 1.82) is 0 Å². The maximum absolute atomic E-state index is 13.8. The first-order valence-corrected chi connectivity index (χ1v) is 9.81. The van der Waals surface area contributed by atoms with Crippen molar-refractivity contribution >= 4 is 22.8 Å². The van der Waals surface area contributed by atoms with E-state index in [2.05, 4.69) is 4.90 Å². The molecule has 1 amide bonds. The molecule has 150 valence electrons. The number of halogens is 1. The van der Waals surface area contributed by atoms with Crippen molar-refractivity contribution in [2.24, 2.45) is 5.73 Å². The van der Waals surface area contributed by atoms with Gasteiger partial charge in [-0.15, -0.1) is 0 Å². The smallest absolute Gasteiger partial charge is 0.262 e. The topological polar surface area (TPSA) is 81.2 Å². The van der Waals surface area contributed by atoms with Crippen LogP contribution in [0.2, 0.25) is 0 Å².